The normalized spacial score (nSPS) is 11.5. The van der Waals surface area contributed by atoms with Crippen LogP contribution >= 0.6 is 0 Å². The third-order valence-corrected chi connectivity index (χ3v) is 3.32. The number of fused-ring (bicyclic) bond motifs is 1. The lowest BCUT2D eigenvalue weighted by Gasteiger charge is -2.14. The molecule has 2 N–H and O–H groups in total. The summed E-state index contributed by atoms with van der Waals surface area (Å²) in [5.41, 5.74) is 1.31. The smallest absolute Gasteiger partial charge is 0.294 e. The summed E-state index contributed by atoms with van der Waals surface area (Å²) in [6.07, 6.45) is 2.62. The first-order valence-electron chi connectivity index (χ1n) is 6.89. The van der Waals surface area contributed by atoms with Gasteiger partial charge in [-0.3, -0.25) is 4.79 Å². The fourth-order valence-corrected chi connectivity index (χ4v) is 2.16. The summed E-state index contributed by atoms with van der Waals surface area (Å²) in [6, 6.07) is 5.69. The van der Waals surface area contributed by atoms with E-state index in [9.17, 15) is 4.79 Å². The Bertz CT molecular complexity index is 732. The number of hydrogen-bond acceptors (Lipinski definition) is 4. The Morgan fingerprint density at radius 1 is 1.38 bits per heavy atom. The van der Waals surface area contributed by atoms with Gasteiger partial charge in [-0.1, -0.05) is 6.92 Å². The molecule has 2 aromatic rings. The van der Waals surface area contributed by atoms with E-state index in [4.69, 9.17) is 9.47 Å². The van der Waals surface area contributed by atoms with Crippen LogP contribution in [0.3, 0.4) is 0 Å². The third kappa shape index (κ3) is 2.86. The van der Waals surface area contributed by atoms with Crippen molar-refractivity contribution >= 4 is 16.6 Å². The number of aromatic nitrogens is 1. The number of hydrogen-bond donors (Lipinski definition) is 2. The fourth-order valence-electron chi connectivity index (χ4n) is 2.16. The summed E-state index contributed by atoms with van der Waals surface area (Å²) in [7, 11) is 3.29. The SMILES string of the molecule is CC=C(CC)Oc1c(OC)c(=O)[nH]c2cc(NC)ccc12. The van der Waals surface area contributed by atoms with Gasteiger partial charge in [0.1, 0.15) is 0 Å². The second kappa shape index (κ2) is 6.35. The molecule has 0 radical (unpaired) electrons. The van der Waals surface area contributed by atoms with Gasteiger partial charge in [0, 0.05) is 24.5 Å². The van der Waals surface area contributed by atoms with E-state index in [1.165, 1.54) is 7.11 Å². The molecule has 0 spiro atoms. The minimum Gasteiger partial charge on any atom is -0.488 e. The number of rotatable bonds is 5. The number of aromatic amines is 1. The molecule has 0 fully saturated rings. The monoisotopic (exact) mass is 288 g/mol. The molecule has 0 saturated carbocycles. The van der Waals surface area contributed by atoms with Crippen molar-refractivity contribution in [3.8, 4) is 11.5 Å². The van der Waals surface area contributed by atoms with Gasteiger partial charge in [0.05, 0.1) is 18.4 Å². The van der Waals surface area contributed by atoms with E-state index in [1.54, 1.807) is 0 Å². The summed E-state index contributed by atoms with van der Waals surface area (Å²) in [4.78, 5) is 15.0. The maximum Gasteiger partial charge on any atom is 0.294 e. The molecule has 1 heterocycles. The van der Waals surface area contributed by atoms with Crippen molar-refractivity contribution in [3.05, 3.63) is 40.4 Å². The Kier molecular flexibility index (Phi) is 4.52. The highest BCUT2D eigenvalue weighted by atomic mass is 16.5. The maximum absolute atomic E-state index is 12.1. The number of allylic oxidation sites excluding steroid dienone is 2. The molecule has 112 valence electrons. The Balaban J connectivity index is 2.71. The number of benzene rings is 1. The number of nitrogens with one attached hydrogen (secondary N) is 2. The largest absolute Gasteiger partial charge is 0.488 e. The van der Waals surface area contributed by atoms with Gasteiger partial charge in [0.15, 0.2) is 5.75 Å². The van der Waals surface area contributed by atoms with Gasteiger partial charge in [0.2, 0.25) is 5.75 Å². The summed E-state index contributed by atoms with van der Waals surface area (Å²) >= 11 is 0. The van der Waals surface area contributed by atoms with Crippen LogP contribution in [0.5, 0.6) is 11.5 Å². The van der Waals surface area contributed by atoms with Crippen molar-refractivity contribution in [2.45, 2.75) is 20.3 Å². The van der Waals surface area contributed by atoms with Crippen molar-refractivity contribution in [1.29, 1.82) is 0 Å². The van der Waals surface area contributed by atoms with E-state index in [0.29, 0.717) is 11.3 Å². The molecule has 0 atom stereocenters. The summed E-state index contributed by atoms with van der Waals surface area (Å²) < 4.78 is 11.1. The minimum atomic E-state index is -0.306. The molecule has 1 aromatic carbocycles. The summed E-state index contributed by atoms with van der Waals surface area (Å²) in [6.45, 7) is 3.90. The van der Waals surface area contributed by atoms with Gasteiger partial charge < -0.3 is 19.8 Å². The lowest BCUT2D eigenvalue weighted by molar-refractivity contribution is 0.353. The van der Waals surface area contributed by atoms with Gasteiger partial charge in [-0.2, -0.15) is 0 Å². The van der Waals surface area contributed by atoms with Crippen LogP contribution in [0.15, 0.2) is 34.8 Å². The zero-order chi connectivity index (χ0) is 15.4. The van der Waals surface area contributed by atoms with Crippen molar-refractivity contribution < 1.29 is 9.47 Å². The number of H-pyrrole nitrogens is 1. The molecule has 2 rings (SSSR count). The van der Waals surface area contributed by atoms with E-state index in [0.717, 1.165) is 23.3 Å². The maximum atomic E-state index is 12.1. The van der Waals surface area contributed by atoms with Gasteiger partial charge in [0.25, 0.3) is 5.56 Å². The van der Waals surface area contributed by atoms with E-state index in [-0.39, 0.29) is 11.3 Å². The molecule has 21 heavy (non-hydrogen) atoms. The molecular formula is C16H20N2O3. The zero-order valence-corrected chi connectivity index (χ0v) is 12.7. The Morgan fingerprint density at radius 3 is 2.71 bits per heavy atom. The molecule has 0 bridgehead atoms. The molecule has 0 aliphatic heterocycles. The second-order valence-corrected chi connectivity index (χ2v) is 4.54. The lowest BCUT2D eigenvalue weighted by Crippen LogP contribution is -2.12. The molecule has 0 unspecified atom stereocenters. The summed E-state index contributed by atoms with van der Waals surface area (Å²) in [5, 5.41) is 3.85. The van der Waals surface area contributed by atoms with Crippen molar-refractivity contribution in [1.82, 2.24) is 4.98 Å². The van der Waals surface area contributed by atoms with Crippen LogP contribution in [0.25, 0.3) is 10.9 Å². The summed E-state index contributed by atoms with van der Waals surface area (Å²) in [5.74, 6) is 1.43. The minimum absolute atomic E-state index is 0.188. The van der Waals surface area contributed by atoms with Gasteiger partial charge in [-0.15, -0.1) is 0 Å². The average Bonchev–Trinajstić information content (AvgIpc) is 2.51. The third-order valence-electron chi connectivity index (χ3n) is 3.32. The number of ether oxygens (including phenoxy) is 2. The quantitative estimate of drug-likeness (QED) is 0.829. The molecule has 5 heteroatoms. The average molecular weight is 288 g/mol. The second-order valence-electron chi connectivity index (χ2n) is 4.54. The first kappa shape index (κ1) is 15.0. The van der Waals surface area contributed by atoms with Crippen molar-refractivity contribution in [3.63, 3.8) is 0 Å². The van der Waals surface area contributed by atoms with Crippen LogP contribution in [0, 0.1) is 0 Å². The zero-order valence-electron chi connectivity index (χ0n) is 12.7. The highest BCUT2D eigenvalue weighted by Gasteiger charge is 2.16. The number of anilines is 1. The predicted molar refractivity (Wildman–Crippen MR) is 85.3 cm³/mol. The number of methoxy groups -OCH3 is 1. The van der Waals surface area contributed by atoms with Crippen molar-refractivity contribution in [2.24, 2.45) is 0 Å². The first-order valence-corrected chi connectivity index (χ1v) is 6.89. The van der Waals surface area contributed by atoms with Crippen LogP contribution < -0.4 is 20.3 Å². The van der Waals surface area contributed by atoms with Crippen LogP contribution in [-0.2, 0) is 0 Å². The predicted octanol–water partition coefficient (Wildman–Crippen LogP) is 3.27. The van der Waals surface area contributed by atoms with E-state index >= 15 is 0 Å². The van der Waals surface area contributed by atoms with Crippen LogP contribution in [-0.4, -0.2) is 19.1 Å². The van der Waals surface area contributed by atoms with E-state index < -0.39 is 0 Å². The van der Waals surface area contributed by atoms with Crippen LogP contribution in [0.4, 0.5) is 5.69 Å². The fraction of sp³-hybridized carbons (Fsp3) is 0.312. The Labute approximate surface area is 123 Å². The first-order chi connectivity index (χ1) is 10.1. The molecule has 1 aromatic heterocycles. The van der Waals surface area contributed by atoms with Gasteiger partial charge in [-0.05, 0) is 31.2 Å². The van der Waals surface area contributed by atoms with Crippen LogP contribution in [0.1, 0.15) is 20.3 Å². The van der Waals surface area contributed by atoms with Crippen LogP contribution in [0.2, 0.25) is 0 Å². The molecule has 5 nitrogen and oxygen atoms in total. The highest BCUT2D eigenvalue weighted by molar-refractivity contribution is 5.89. The topological polar surface area (TPSA) is 63.4 Å². The molecule has 0 amide bonds. The Morgan fingerprint density at radius 2 is 2.14 bits per heavy atom. The number of pyridine rings is 1. The molecule has 0 saturated heterocycles. The molecular weight excluding hydrogens is 268 g/mol. The lowest BCUT2D eigenvalue weighted by atomic mass is 10.1. The molecule has 0 aliphatic rings. The standard InChI is InChI=1S/C16H20N2O3/c1-5-11(6-2)21-14-12-8-7-10(17-3)9-13(12)18-16(19)15(14)20-4/h5,7-9,17H,6H2,1-4H3,(H,18,19). The van der Waals surface area contributed by atoms with Gasteiger partial charge in [-0.25, -0.2) is 0 Å². The Hall–Kier alpha value is -2.43. The van der Waals surface area contributed by atoms with Gasteiger partial charge >= 0.3 is 0 Å². The van der Waals surface area contributed by atoms with E-state index in [1.807, 2.05) is 45.2 Å². The highest BCUT2D eigenvalue weighted by Crippen LogP contribution is 2.34. The molecule has 0 aliphatic carbocycles. The van der Waals surface area contributed by atoms with E-state index in [2.05, 4.69) is 10.3 Å². The van der Waals surface area contributed by atoms with Crippen molar-refractivity contribution in [2.75, 3.05) is 19.5 Å².